The Labute approximate surface area is 213 Å². The predicted octanol–water partition coefficient (Wildman–Crippen LogP) is 6.73. The molecule has 3 rings (SSSR count). The van der Waals surface area contributed by atoms with Gasteiger partial charge in [-0.1, -0.05) is 78.9 Å². The van der Waals surface area contributed by atoms with Gasteiger partial charge in [-0.2, -0.15) is 5.01 Å². The van der Waals surface area contributed by atoms with E-state index in [1.165, 1.54) is 32.1 Å². The zero-order chi connectivity index (χ0) is 23.6. The number of nitrogens with one attached hydrogen (secondary N) is 1. The second kappa shape index (κ2) is 12.9. The number of halogens is 1. The SMILES string of the molecule is CCCCCCCCOc1ccc(C=C2SC(=S)N(NC(=O)c3ccc(Br)cc3)C2=O)cc1. The molecule has 0 bridgehead atoms. The summed E-state index contributed by atoms with van der Waals surface area (Å²) >= 11 is 9.79. The van der Waals surface area contributed by atoms with Crippen LogP contribution in [0.25, 0.3) is 6.08 Å². The van der Waals surface area contributed by atoms with E-state index in [4.69, 9.17) is 17.0 Å². The fourth-order valence-corrected chi connectivity index (χ4v) is 4.66. The van der Waals surface area contributed by atoms with Gasteiger partial charge in [-0.3, -0.25) is 15.0 Å². The third-order valence-corrected chi connectivity index (χ3v) is 6.89. The molecule has 0 saturated carbocycles. The van der Waals surface area contributed by atoms with Crippen molar-refractivity contribution >= 4 is 62.1 Å². The van der Waals surface area contributed by atoms with Crippen LogP contribution in [0.5, 0.6) is 5.75 Å². The van der Waals surface area contributed by atoms with Crippen LogP contribution in [0, 0.1) is 0 Å². The molecule has 1 aliphatic rings. The van der Waals surface area contributed by atoms with E-state index in [0.29, 0.717) is 17.1 Å². The number of carbonyl (C=O) groups is 2. The molecule has 1 saturated heterocycles. The molecule has 0 aromatic heterocycles. The molecular formula is C25H27BrN2O3S2. The molecule has 33 heavy (non-hydrogen) atoms. The summed E-state index contributed by atoms with van der Waals surface area (Å²) in [4.78, 5) is 25.7. The summed E-state index contributed by atoms with van der Waals surface area (Å²) in [5, 5.41) is 1.12. The Bertz CT molecular complexity index is 1010. The highest BCUT2D eigenvalue weighted by molar-refractivity contribution is 9.10. The summed E-state index contributed by atoms with van der Waals surface area (Å²) in [6.07, 6.45) is 9.14. The monoisotopic (exact) mass is 546 g/mol. The van der Waals surface area contributed by atoms with E-state index in [1.54, 1.807) is 30.3 Å². The van der Waals surface area contributed by atoms with Gasteiger partial charge in [0.25, 0.3) is 11.8 Å². The number of unbranched alkanes of at least 4 members (excludes halogenated alkanes) is 5. The van der Waals surface area contributed by atoms with Crippen LogP contribution in [0.3, 0.4) is 0 Å². The maximum absolute atomic E-state index is 12.8. The maximum Gasteiger partial charge on any atom is 0.285 e. The average molecular weight is 548 g/mol. The van der Waals surface area contributed by atoms with E-state index in [1.807, 2.05) is 24.3 Å². The van der Waals surface area contributed by atoms with Crippen molar-refractivity contribution in [2.24, 2.45) is 0 Å². The lowest BCUT2D eigenvalue weighted by Crippen LogP contribution is -2.44. The third kappa shape index (κ3) is 7.69. The fourth-order valence-electron chi connectivity index (χ4n) is 3.22. The highest BCUT2D eigenvalue weighted by Gasteiger charge is 2.33. The first-order valence-corrected chi connectivity index (χ1v) is 13.1. The molecule has 0 spiro atoms. The lowest BCUT2D eigenvalue weighted by atomic mass is 10.1. The number of ether oxygens (including phenoxy) is 1. The summed E-state index contributed by atoms with van der Waals surface area (Å²) in [6, 6.07) is 14.5. The number of hydrogen-bond acceptors (Lipinski definition) is 5. The van der Waals surface area contributed by atoms with Gasteiger partial charge in [-0.15, -0.1) is 0 Å². The van der Waals surface area contributed by atoms with Crippen molar-refractivity contribution in [2.75, 3.05) is 6.61 Å². The van der Waals surface area contributed by atoms with E-state index < -0.39 is 5.91 Å². The van der Waals surface area contributed by atoms with Gasteiger partial charge in [0.1, 0.15) is 5.75 Å². The Balaban J connectivity index is 1.52. The summed E-state index contributed by atoms with van der Waals surface area (Å²) in [6.45, 7) is 2.93. The van der Waals surface area contributed by atoms with Crippen molar-refractivity contribution in [3.8, 4) is 5.75 Å². The Morgan fingerprint density at radius 2 is 1.73 bits per heavy atom. The molecule has 2 amide bonds. The lowest BCUT2D eigenvalue weighted by molar-refractivity contribution is -0.123. The molecule has 0 atom stereocenters. The van der Waals surface area contributed by atoms with Crippen LogP contribution in [0.15, 0.2) is 57.9 Å². The van der Waals surface area contributed by atoms with Crippen LogP contribution in [0.2, 0.25) is 0 Å². The van der Waals surface area contributed by atoms with Gasteiger partial charge in [0.05, 0.1) is 11.5 Å². The van der Waals surface area contributed by atoms with Crippen molar-refractivity contribution in [3.63, 3.8) is 0 Å². The van der Waals surface area contributed by atoms with Gasteiger partial charge < -0.3 is 4.74 Å². The van der Waals surface area contributed by atoms with Crippen molar-refractivity contribution in [1.29, 1.82) is 0 Å². The number of amides is 2. The molecule has 2 aromatic carbocycles. The summed E-state index contributed by atoms with van der Waals surface area (Å²) in [7, 11) is 0. The number of carbonyl (C=O) groups excluding carboxylic acids is 2. The highest BCUT2D eigenvalue weighted by Crippen LogP contribution is 2.31. The van der Waals surface area contributed by atoms with Crippen LogP contribution in [-0.2, 0) is 4.79 Å². The van der Waals surface area contributed by atoms with E-state index in [2.05, 4.69) is 28.3 Å². The molecule has 5 nitrogen and oxygen atoms in total. The minimum Gasteiger partial charge on any atom is -0.494 e. The van der Waals surface area contributed by atoms with E-state index in [-0.39, 0.29) is 10.2 Å². The molecule has 8 heteroatoms. The standard InChI is InChI=1S/C25H27BrN2O3S2/c1-2-3-4-5-6-7-16-31-21-14-8-18(9-15-21)17-22-24(30)28(25(32)33-22)27-23(29)19-10-12-20(26)13-11-19/h8-15,17H,2-7,16H2,1H3,(H,27,29). The van der Waals surface area contributed by atoms with Gasteiger partial charge in [-0.05, 0) is 66.7 Å². The van der Waals surface area contributed by atoms with E-state index >= 15 is 0 Å². The molecule has 1 heterocycles. The quantitative estimate of drug-likeness (QED) is 0.192. The number of rotatable bonds is 11. The van der Waals surface area contributed by atoms with Crippen LogP contribution in [0.1, 0.15) is 61.4 Å². The van der Waals surface area contributed by atoms with Crippen molar-refractivity contribution in [2.45, 2.75) is 45.4 Å². The Hall–Kier alpha value is -2.16. The van der Waals surface area contributed by atoms with Gasteiger partial charge in [0.15, 0.2) is 4.32 Å². The van der Waals surface area contributed by atoms with Crippen LogP contribution in [-0.4, -0.2) is 27.8 Å². The lowest BCUT2D eigenvalue weighted by Gasteiger charge is -2.15. The number of hydrogen-bond donors (Lipinski definition) is 1. The minimum absolute atomic E-state index is 0.288. The largest absolute Gasteiger partial charge is 0.494 e. The highest BCUT2D eigenvalue weighted by atomic mass is 79.9. The van der Waals surface area contributed by atoms with Crippen molar-refractivity contribution < 1.29 is 14.3 Å². The molecule has 1 fully saturated rings. The van der Waals surface area contributed by atoms with Gasteiger partial charge in [-0.25, -0.2) is 0 Å². The number of hydrazine groups is 1. The Kier molecular flexibility index (Phi) is 9.96. The molecule has 174 valence electrons. The molecule has 1 aliphatic heterocycles. The van der Waals surface area contributed by atoms with E-state index in [0.717, 1.165) is 39.0 Å². The van der Waals surface area contributed by atoms with Crippen LogP contribution in [0.4, 0.5) is 0 Å². The zero-order valence-electron chi connectivity index (χ0n) is 18.5. The van der Waals surface area contributed by atoms with Crippen LogP contribution >= 0.6 is 39.9 Å². The van der Waals surface area contributed by atoms with Crippen molar-refractivity contribution in [3.05, 3.63) is 69.0 Å². The average Bonchev–Trinajstić information content (AvgIpc) is 3.07. The summed E-state index contributed by atoms with van der Waals surface area (Å²) < 4.78 is 6.97. The topological polar surface area (TPSA) is 58.6 Å². The molecular weight excluding hydrogens is 520 g/mol. The Morgan fingerprint density at radius 1 is 1.06 bits per heavy atom. The van der Waals surface area contributed by atoms with Crippen LogP contribution < -0.4 is 10.2 Å². The molecule has 0 radical (unpaired) electrons. The molecule has 0 unspecified atom stereocenters. The molecule has 1 N–H and O–H groups in total. The first kappa shape index (κ1) is 25.5. The first-order valence-electron chi connectivity index (χ1n) is 11.1. The van der Waals surface area contributed by atoms with Crippen molar-refractivity contribution in [1.82, 2.24) is 10.4 Å². The number of thiocarbonyl (C=S) groups is 1. The van der Waals surface area contributed by atoms with Gasteiger partial charge in [0.2, 0.25) is 0 Å². The normalized spacial score (nSPS) is 14.7. The number of thioether (sulfide) groups is 1. The smallest absolute Gasteiger partial charge is 0.285 e. The predicted molar refractivity (Wildman–Crippen MR) is 142 cm³/mol. The van der Waals surface area contributed by atoms with Gasteiger partial charge >= 0.3 is 0 Å². The zero-order valence-corrected chi connectivity index (χ0v) is 21.7. The first-order chi connectivity index (χ1) is 16.0. The second-order valence-electron chi connectivity index (χ2n) is 7.65. The van der Waals surface area contributed by atoms with E-state index in [9.17, 15) is 9.59 Å². The van der Waals surface area contributed by atoms with Gasteiger partial charge in [0, 0.05) is 10.0 Å². The molecule has 2 aromatic rings. The second-order valence-corrected chi connectivity index (χ2v) is 10.2. The maximum atomic E-state index is 12.8. The Morgan fingerprint density at radius 3 is 2.42 bits per heavy atom. The summed E-state index contributed by atoms with van der Waals surface area (Å²) in [5.74, 6) is 0.0702. The number of nitrogens with zero attached hydrogens (tertiary/aromatic N) is 1. The number of benzene rings is 2. The minimum atomic E-state index is -0.396. The molecule has 0 aliphatic carbocycles. The fraction of sp³-hybridized carbons (Fsp3) is 0.320. The third-order valence-electron chi connectivity index (χ3n) is 5.06. The summed E-state index contributed by atoms with van der Waals surface area (Å²) in [5.41, 5.74) is 3.89.